The molecule has 2 aromatic carbocycles. The number of aryl methyl sites for hydroxylation is 1. The van der Waals surface area contributed by atoms with Crippen molar-refractivity contribution in [2.24, 2.45) is 0 Å². The van der Waals surface area contributed by atoms with Gasteiger partial charge in [0.25, 0.3) is 5.69 Å². The Morgan fingerprint density at radius 2 is 1.85 bits per heavy atom. The van der Waals surface area contributed by atoms with Gasteiger partial charge in [0.2, 0.25) is 0 Å². The third kappa shape index (κ3) is 3.71. The maximum Gasteiger partial charge on any atom is 0.293 e. The number of anilines is 1. The summed E-state index contributed by atoms with van der Waals surface area (Å²) >= 11 is 6.00. The third-order valence-corrected chi connectivity index (χ3v) is 3.29. The molecule has 0 aliphatic carbocycles. The molecule has 0 bridgehead atoms. The Kier molecular flexibility index (Phi) is 4.96. The Balaban J connectivity index is 1.93. The number of hydrogen-bond acceptors (Lipinski definition) is 3. The first-order chi connectivity index (χ1) is 9.68. The Labute approximate surface area is 122 Å². The zero-order valence-corrected chi connectivity index (χ0v) is 11.6. The number of nitro groups is 1. The highest BCUT2D eigenvalue weighted by Gasteiger charge is 2.15. The van der Waals surface area contributed by atoms with Gasteiger partial charge in [-0.15, -0.1) is 0 Å². The molecule has 0 aromatic heterocycles. The van der Waals surface area contributed by atoms with Crippen LogP contribution in [-0.4, -0.2) is 11.5 Å². The molecule has 2 rings (SSSR count). The first-order valence-electron chi connectivity index (χ1n) is 6.39. The minimum Gasteiger partial charge on any atom is -0.378 e. The molecule has 0 saturated heterocycles. The summed E-state index contributed by atoms with van der Waals surface area (Å²) in [5.41, 5.74) is 1.66. The number of rotatable bonds is 6. The molecule has 104 valence electrons. The van der Waals surface area contributed by atoms with E-state index in [4.69, 9.17) is 11.6 Å². The number of nitro benzene ring substituents is 1. The smallest absolute Gasteiger partial charge is 0.293 e. The molecule has 0 radical (unpaired) electrons. The zero-order chi connectivity index (χ0) is 14.4. The van der Waals surface area contributed by atoms with Crippen LogP contribution in [0.4, 0.5) is 11.4 Å². The van der Waals surface area contributed by atoms with Crippen molar-refractivity contribution >= 4 is 23.0 Å². The third-order valence-electron chi connectivity index (χ3n) is 2.98. The summed E-state index contributed by atoms with van der Waals surface area (Å²) in [5, 5.41) is 14.4. The van der Waals surface area contributed by atoms with Crippen LogP contribution >= 0.6 is 11.6 Å². The molecule has 0 saturated carbocycles. The van der Waals surface area contributed by atoms with E-state index in [0.29, 0.717) is 17.3 Å². The van der Waals surface area contributed by atoms with Crippen molar-refractivity contribution in [1.82, 2.24) is 0 Å². The fourth-order valence-electron chi connectivity index (χ4n) is 1.99. The quantitative estimate of drug-likeness (QED) is 0.490. The van der Waals surface area contributed by atoms with Crippen molar-refractivity contribution in [3.63, 3.8) is 0 Å². The van der Waals surface area contributed by atoms with E-state index in [1.807, 2.05) is 18.2 Å². The van der Waals surface area contributed by atoms with Crippen LogP contribution in [-0.2, 0) is 6.42 Å². The summed E-state index contributed by atoms with van der Waals surface area (Å²) in [6, 6.07) is 14.8. The van der Waals surface area contributed by atoms with Gasteiger partial charge in [0, 0.05) is 12.6 Å². The van der Waals surface area contributed by atoms with Crippen LogP contribution in [0.5, 0.6) is 0 Å². The van der Waals surface area contributed by atoms with Crippen LogP contribution in [0.2, 0.25) is 5.02 Å². The predicted molar refractivity (Wildman–Crippen MR) is 81.4 cm³/mol. The molecule has 20 heavy (non-hydrogen) atoms. The summed E-state index contributed by atoms with van der Waals surface area (Å²) in [4.78, 5) is 10.5. The van der Waals surface area contributed by atoms with Crippen LogP contribution < -0.4 is 5.32 Å². The summed E-state index contributed by atoms with van der Waals surface area (Å²) in [6.45, 7) is 0.638. The van der Waals surface area contributed by atoms with Gasteiger partial charge in [-0.05, 0) is 24.5 Å². The lowest BCUT2D eigenvalue weighted by Crippen LogP contribution is -2.06. The standard InChI is InChI=1S/C15H15ClN2O2/c16-13-9-4-10-14(18(19)20)15(13)17-11-5-8-12-6-2-1-3-7-12/h1-4,6-7,9-10,17H,5,8,11H2. The summed E-state index contributed by atoms with van der Waals surface area (Å²) in [6.07, 6.45) is 1.80. The summed E-state index contributed by atoms with van der Waals surface area (Å²) < 4.78 is 0. The Morgan fingerprint density at radius 1 is 1.10 bits per heavy atom. The van der Waals surface area contributed by atoms with E-state index in [1.165, 1.54) is 11.6 Å². The van der Waals surface area contributed by atoms with E-state index in [1.54, 1.807) is 12.1 Å². The molecule has 4 nitrogen and oxygen atoms in total. The van der Waals surface area contributed by atoms with E-state index in [-0.39, 0.29) is 5.69 Å². The molecule has 0 aliphatic heterocycles. The Bertz CT molecular complexity index is 588. The molecule has 5 heteroatoms. The maximum atomic E-state index is 10.9. The van der Waals surface area contributed by atoms with Crippen molar-refractivity contribution in [1.29, 1.82) is 0 Å². The number of nitrogens with zero attached hydrogens (tertiary/aromatic N) is 1. The van der Waals surface area contributed by atoms with Gasteiger partial charge in [-0.25, -0.2) is 0 Å². The highest BCUT2D eigenvalue weighted by molar-refractivity contribution is 6.33. The second kappa shape index (κ2) is 6.91. The first-order valence-corrected chi connectivity index (χ1v) is 6.77. The van der Waals surface area contributed by atoms with Gasteiger partial charge in [-0.1, -0.05) is 48.0 Å². The average molecular weight is 291 g/mol. The Morgan fingerprint density at radius 3 is 2.55 bits per heavy atom. The van der Waals surface area contributed by atoms with Crippen molar-refractivity contribution in [2.75, 3.05) is 11.9 Å². The lowest BCUT2D eigenvalue weighted by Gasteiger charge is -2.08. The first kappa shape index (κ1) is 14.3. The molecular formula is C15H15ClN2O2. The van der Waals surface area contributed by atoms with Crippen molar-refractivity contribution in [3.8, 4) is 0 Å². The highest BCUT2D eigenvalue weighted by atomic mass is 35.5. The highest BCUT2D eigenvalue weighted by Crippen LogP contribution is 2.31. The molecule has 2 aromatic rings. The van der Waals surface area contributed by atoms with Crippen molar-refractivity contribution < 1.29 is 4.92 Å². The minimum atomic E-state index is -0.425. The van der Waals surface area contributed by atoms with E-state index in [9.17, 15) is 10.1 Å². The number of benzene rings is 2. The zero-order valence-electron chi connectivity index (χ0n) is 10.9. The van der Waals surface area contributed by atoms with E-state index >= 15 is 0 Å². The van der Waals surface area contributed by atoms with Gasteiger partial charge in [0.05, 0.1) is 9.95 Å². The van der Waals surface area contributed by atoms with Crippen LogP contribution in [0, 0.1) is 10.1 Å². The van der Waals surface area contributed by atoms with E-state index in [2.05, 4.69) is 17.4 Å². The molecule has 0 heterocycles. The second-order valence-corrected chi connectivity index (χ2v) is 4.81. The number of halogens is 1. The normalized spacial score (nSPS) is 10.2. The molecule has 0 aliphatic rings. The molecule has 1 N–H and O–H groups in total. The lowest BCUT2D eigenvalue weighted by molar-refractivity contribution is -0.383. The number of hydrogen-bond donors (Lipinski definition) is 1. The summed E-state index contributed by atoms with van der Waals surface area (Å²) in [5.74, 6) is 0. The van der Waals surface area contributed by atoms with Crippen LogP contribution in [0.3, 0.4) is 0 Å². The fourth-order valence-corrected chi connectivity index (χ4v) is 2.23. The number of nitrogens with one attached hydrogen (secondary N) is 1. The fraction of sp³-hybridized carbons (Fsp3) is 0.200. The molecule has 0 amide bonds. The van der Waals surface area contributed by atoms with Gasteiger partial charge in [-0.2, -0.15) is 0 Å². The van der Waals surface area contributed by atoms with Crippen LogP contribution in [0.15, 0.2) is 48.5 Å². The predicted octanol–water partition coefficient (Wildman–Crippen LogP) is 4.29. The van der Waals surface area contributed by atoms with Gasteiger partial charge < -0.3 is 5.32 Å². The van der Waals surface area contributed by atoms with Gasteiger partial charge >= 0.3 is 0 Å². The number of para-hydroxylation sites is 1. The molecule has 0 unspecified atom stereocenters. The summed E-state index contributed by atoms with van der Waals surface area (Å²) in [7, 11) is 0. The van der Waals surface area contributed by atoms with Crippen LogP contribution in [0.1, 0.15) is 12.0 Å². The van der Waals surface area contributed by atoms with Gasteiger partial charge in [0.1, 0.15) is 5.69 Å². The van der Waals surface area contributed by atoms with Crippen LogP contribution in [0.25, 0.3) is 0 Å². The van der Waals surface area contributed by atoms with Crippen molar-refractivity contribution in [3.05, 3.63) is 69.2 Å². The monoisotopic (exact) mass is 290 g/mol. The largest absolute Gasteiger partial charge is 0.378 e. The van der Waals surface area contributed by atoms with E-state index in [0.717, 1.165) is 12.8 Å². The minimum absolute atomic E-state index is 0.0113. The Hall–Kier alpha value is -2.07. The van der Waals surface area contributed by atoms with Gasteiger partial charge in [0.15, 0.2) is 0 Å². The molecule has 0 fully saturated rings. The van der Waals surface area contributed by atoms with E-state index < -0.39 is 4.92 Å². The SMILES string of the molecule is O=[N+]([O-])c1cccc(Cl)c1NCCCc1ccccc1. The molecular weight excluding hydrogens is 276 g/mol. The second-order valence-electron chi connectivity index (χ2n) is 4.41. The molecule has 0 spiro atoms. The molecule has 0 atom stereocenters. The van der Waals surface area contributed by atoms with Crippen molar-refractivity contribution in [2.45, 2.75) is 12.8 Å². The average Bonchev–Trinajstić information content (AvgIpc) is 2.45. The maximum absolute atomic E-state index is 10.9. The topological polar surface area (TPSA) is 55.2 Å². The van der Waals surface area contributed by atoms with Gasteiger partial charge in [-0.3, -0.25) is 10.1 Å². The lowest BCUT2D eigenvalue weighted by atomic mass is 10.1.